The number of nitrogens with one attached hydrogen (secondary N) is 2. The number of hydrogen-bond acceptors (Lipinski definition) is 5. The fourth-order valence-electron chi connectivity index (χ4n) is 3.50. The standard InChI is InChI=1S/C25H27N3O4/c1-16-20(24(31)27-22(14-29)18-9-5-3-6-10-18)13-21(17(2)26-16)25(32)28-23(15-30)19-11-7-4-8-12-19/h3-13,22-23,29-30H,14-15H2,1-2H3,(H,27,31)(H,28,32)/t22-,23-/m0/s1. The van der Waals surface area contributed by atoms with Crippen LogP contribution in [0.5, 0.6) is 0 Å². The Balaban J connectivity index is 1.83. The number of amides is 2. The molecule has 7 nitrogen and oxygen atoms in total. The second-order valence-corrected chi connectivity index (χ2v) is 7.49. The highest BCUT2D eigenvalue weighted by molar-refractivity contribution is 6.01. The molecule has 7 heteroatoms. The van der Waals surface area contributed by atoms with Crippen LogP contribution < -0.4 is 10.6 Å². The van der Waals surface area contributed by atoms with Gasteiger partial charge in [-0.1, -0.05) is 60.7 Å². The Morgan fingerprint density at radius 3 is 1.47 bits per heavy atom. The van der Waals surface area contributed by atoms with Gasteiger partial charge in [0.15, 0.2) is 0 Å². The summed E-state index contributed by atoms with van der Waals surface area (Å²) in [4.78, 5) is 30.3. The summed E-state index contributed by atoms with van der Waals surface area (Å²) >= 11 is 0. The molecule has 0 aliphatic heterocycles. The average Bonchev–Trinajstić information content (AvgIpc) is 2.81. The van der Waals surface area contributed by atoms with E-state index in [2.05, 4.69) is 15.6 Å². The normalized spacial score (nSPS) is 12.6. The van der Waals surface area contributed by atoms with Gasteiger partial charge in [-0.15, -0.1) is 0 Å². The largest absolute Gasteiger partial charge is 0.394 e. The van der Waals surface area contributed by atoms with Crippen molar-refractivity contribution in [1.82, 2.24) is 15.6 Å². The van der Waals surface area contributed by atoms with Gasteiger partial charge in [0, 0.05) is 0 Å². The highest BCUT2D eigenvalue weighted by Gasteiger charge is 2.22. The lowest BCUT2D eigenvalue weighted by molar-refractivity contribution is 0.0914. The van der Waals surface area contributed by atoms with E-state index in [9.17, 15) is 19.8 Å². The van der Waals surface area contributed by atoms with Gasteiger partial charge in [-0.2, -0.15) is 0 Å². The smallest absolute Gasteiger partial charge is 0.253 e. The first-order valence-corrected chi connectivity index (χ1v) is 10.4. The summed E-state index contributed by atoms with van der Waals surface area (Å²) in [5, 5.41) is 25.1. The molecule has 0 spiro atoms. The van der Waals surface area contributed by atoms with Crippen molar-refractivity contribution >= 4 is 11.8 Å². The SMILES string of the molecule is Cc1nc(C)c(C(=O)N[C@@H](CO)c2ccccc2)cc1C(=O)N[C@@H](CO)c1ccccc1. The Morgan fingerprint density at radius 2 is 1.12 bits per heavy atom. The highest BCUT2D eigenvalue weighted by atomic mass is 16.3. The van der Waals surface area contributed by atoms with Crippen LogP contribution in [0.4, 0.5) is 0 Å². The molecule has 2 atom stereocenters. The van der Waals surface area contributed by atoms with Crippen molar-refractivity contribution in [2.24, 2.45) is 0 Å². The van der Waals surface area contributed by atoms with E-state index in [0.29, 0.717) is 11.4 Å². The van der Waals surface area contributed by atoms with E-state index in [0.717, 1.165) is 11.1 Å². The zero-order valence-corrected chi connectivity index (χ0v) is 18.1. The fraction of sp³-hybridized carbons (Fsp3) is 0.240. The molecule has 1 heterocycles. The van der Waals surface area contributed by atoms with Crippen molar-refractivity contribution in [2.45, 2.75) is 25.9 Å². The van der Waals surface area contributed by atoms with Crippen LogP contribution in [0.25, 0.3) is 0 Å². The van der Waals surface area contributed by atoms with E-state index < -0.39 is 23.9 Å². The second kappa shape index (κ2) is 10.7. The molecule has 0 saturated heterocycles. The molecular weight excluding hydrogens is 406 g/mol. The van der Waals surface area contributed by atoms with E-state index in [1.807, 2.05) is 60.7 Å². The summed E-state index contributed by atoms with van der Waals surface area (Å²) < 4.78 is 0. The van der Waals surface area contributed by atoms with Crippen molar-refractivity contribution in [3.05, 3.63) is 100 Å². The number of carbonyl (C=O) groups is 2. The number of rotatable bonds is 8. The lowest BCUT2D eigenvalue weighted by Crippen LogP contribution is -2.33. The number of nitrogens with zero attached hydrogens (tertiary/aromatic N) is 1. The molecule has 4 N–H and O–H groups in total. The van der Waals surface area contributed by atoms with Gasteiger partial charge < -0.3 is 20.8 Å². The number of aromatic nitrogens is 1. The molecule has 166 valence electrons. The lowest BCUT2D eigenvalue weighted by Gasteiger charge is -2.19. The molecule has 0 saturated carbocycles. The van der Waals surface area contributed by atoms with Gasteiger partial charge in [0.1, 0.15) is 0 Å². The maximum absolute atomic E-state index is 13.0. The van der Waals surface area contributed by atoms with Gasteiger partial charge in [-0.05, 0) is 31.0 Å². The van der Waals surface area contributed by atoms with Gasteiger partial charge in [-0.3, -0.25) is 14.6 Å². The predicted molar refractivity (Wildman–Crippen MR) is 121 cm³/mol. The summed E-state index contributed by atoms with van der Waals surface area (Å²) in [5.41, 5.74) is 2.98. The Hall–Kier alpha value is -3.55. The fourth-order valence-corrected chi connectivity index (χ4v) is 3.50. The molecular formula is C25H27N3O4. The third-order valence-electron chi connectivity index (χ3n) is 5.27. The maximum Gasteiger partial charge on any atom is 0.253 e. The summed E-state index contributed by atoms with van der Waals surface area (Å²) in [6, 6.07) is 18.6. The first-order valence-electron chi connectivity index (χ1n) is 10.4. The monoisotopic (exact) mass is 433 g/mol. The number of benzene rings is 2. The third-order valence-corrected chi connectivity index (χ3v) is 5.27. The van der Waals surface area contributed by atoms with Crippen LogP contribution in [-0.2, 0) is 0 Å². The van der Waals surface area contributed by atoms with Gasteiger partial charge in [0.05, 0.1) is 47.8 Å². The zero-order chi connectivity index (χ0) is 23.1. The predicted octanol–water partition coefficient (Wildman–Crippen LogP) is 2.63. The number of aryl methyl sites for hydroxylation is 2. The number of carbonyl (C=O) groups excluding carboxylic acids is 2. The Labute approximate surface area is 187 Å². The molecule has 3 rings (SSSR count). The molecule has 2 amide bonds. The number of hydrogen-bond donors (Lipinski definition) is 4. The second-order valence-electron chi connectivity index (χ2n) is 7.49. The Bertz CT molecular complexity index is 989. The van der Waals surface area contributed by atoms with E-state index in [1.54, 1.807) is 13.8 Å². The topological polar surface area (TPSA) is 112 Å². The molecule has 32 heavy (non-hydrogen) atoms. The number of pyridine rings is 1. The van der Waals surface area contributed by atoms with Crippen molar-refractivity contribution < 1.29 is 19.8 Å². The first kappa shape index (κ1) is 23.1. The molecule has 0 bridgehead atoms. The molecule has 2 aromatic carbocycles. The zero-order valence-electron chi connectivity index (χ0n) is 18.1. The van der Waals surface area contributed by atoms with Crippen LogP contribution in [0.2, 0.25) is 0 Å². The minimum Gasteiger partial charge on any atom is -0.394 e. The van der Waals surface area contributed by atoms with Crippen LogP contribution in [0.3, 0.4) is 0 Å². The molecule has 0 aliphatic rings. The summed E-state index contributed by atoms with van der Waals surface area (Å²) in [7, 11) is 0. The summed E-state index contributed by atoms with van der Waals surface area (Å²) in [6.07, 6.45) is 0. The van der Waals surface area contributed by atoms with Gasteiger partial charge in [0.25, 0.3) is 11.8 Å². The highest BCUT2D eigenvalue weighted by Crippen LogP contribution is 2.18. The average molecular weight is 434 g/mol. The molecule has 0 fully saturated rings. The summed E-state index contributed by atoms with van der Waals surface area (Å²) in [5.74, 6) is -0.873. The van der Waals surface area contributed by atoms with Gasteiger partial charge in [-0.25, -0.2) is 0 Å². The molecule has 1 aromatic heterocycles. The van der Waals surface area contributed by atoms with Crippen LogP contribution in [-0.4, -0.2) is 40.2 Å². The lowest BCUT2D eigenvalue weighted by atomic mass is 10.0. The first-order chi connectivity index (χ1) is 15.4. The number of aliphatic hydroxyl groups is 2. The van der Waals surface area contributed by atoms with E-state index in [4.69, 9.17) is 0 Å². The van der Waals surface area contributed by atoms with Gasteiger partial charge >= 0.3 is 0 Å². The van der Waals surface area contributed by atoms with E-state index >= 15 is 0 Å². The molecule has 3 aromatic rings. The minimum absolute atomic E-state index is 0.246. The quantitative estimate of drug-likeness (QED) is 0.436. The Morgan fingerprint density at radius 1 is 0.750 bits per heavy atom. The van der Waals surface area contributed by atoms with Gasteiger partial charge in [0.2, 0.25) is 0 Å². The van der Waals surface area contributed by atoms with Crippen molar-refractivity contribution in [2.75, 3.05) is 13.2 Å². The van der Waals surface area contributed by atoms with Crippen LogP contribution in [0, 0.1) is 13.8 Å². The molecule has 0 unspecified atom stereocenters. The Kier molecular flexibility index (Phi) is 7.70. The van der Waals surface area contributed by atoms with E-state index in [1.165, 1.54) is 6.07 Å². The van der Waals surface area contributed by atoms with Crippen LogP contribution in [0.1, 0.15) is 55.3 Å². The van der Waals surface area contributed by atoms with Crippen LogP contribution in [0.15, 0.2) is 66.7 Å². The molecule has 0 aliphatic carbocycles. The van der Waals surface area contributed by atoms with E-state index in [-0.39, 0.29) is 24.3 Å². The minimum atomic E-state index is -0.585. The van der Waals surface area contributed by atoms with Crippen molar-refractivity contribution in [3.8, 4) is 0 Å². The summed E-state index contributed by atoms with van der Waals surface area (Å²) in [6.45, 7) is 2.86. The van der Waals surface area contributed by atoms with Crippen molar-refractivity contribution in [1.29, 1.82) is 0 Å². The number of aliphatic hydroxyl groups excluding tert-OH is 2. The van der Waals surface area contributed by atoms with Crippen molar-refractivity contribution in [3.63, 3.8) is 0 Å². The maximum atomic E-state index is 13.0. The molecule has 0 radical (unpaired) electrons. The third kappa shape index (κ3) is 5.38. The van der Waals surface area contributed by atoms with Crippen LogP contribution >= 0.6 is 0 Å².